The summed E-state index contributed by atoms with van der Waals surface area (Å²) in [7, 11) is 7.46. The molecule has 0 saturated carbocycles. The summed E-state index contributed by atoms with van der Waals surface area (Å²) in [5.74, 6) is 1.04. The van der Waals surface area contributed by atoms with E-state index in [2.05, 4.69) is 40.1 Å². The van der Waals surface area contributed by atoms with Gasteiger partial charge in [0.1, 0.15) is 17.3 Å². The summed E-state index contributed by atoms with van der Waals surface area (Å²) < 4.78 is 27.1. The lowest BCUT2D eigenvalue weighted by molar-refractivity contribution is 0.402. The number of methoxy groups -OCH3 is 2. The van der Waals surface area contributed by atoms with Gasteiger partial charge < -0.3 is 19.3 Å². The number of ether oxygens (including phenoxy) is 2. The fourth-order valence-corrected chi connectivity index (χ4v) is 5.67. The highest BCUT2D eigenvalue weighted by molar-refractivity contribution is 5.94. The minimum Gasteiger partial charge on any atom is -0.496 e. The maximum absolute atomic E-state index is 15.0. The molecule has 0 spiro atoms. The number of fused-ring (bicyclic) bond motifs is 3. The van der Waals surface area contributed by atoms with Crippen molar-refractivity contribution in [2.45, 2.75) is 5.92 Å². The first kappa shape index (κ1) is 23.9. The molecule has 1 aliphatic heterocycles. The van der Waals surface area contributed by atoms with Crippen molar-refractivity contribution in [2.75, 3.05) is 38.1 Å². The molecular formula is C33H29FN2O2. The lowest BCUT2D eigenvalue weighted by atomic mass is 9.77. The van der Waals surface area contributed by atoms with Crippen LogP contribution in [0.25, 0.3) is 10.8 Å². The van der Waals surface area contributed by atoms with Gasteiger partial charge in [0.2, 0.25) is 0 Å². The molecule has 0 N–H and O–H groups in total. The van der Waals surface area contributed by atoms with Gasteiger partial charge in [-0.2, -0.15) is 0 Å². The van der Waals surface area contributed by atoms with E-state index in [1.807, 2.05) is 74.8 Å². The average Bonchev–Trinajstić information content (AvgIpc) is 2.96. The second-order valence-corrected chi connectivity index (χ2v) is 9.65. The standard InChI is InChI=1S/C33H29FN2O2/c1-35(2)22-19-28-33(30(20-22)38-4)31(25-17-18-26(34)24-14-9-8-13-23(24)25)32-27(15-10-16-29(32)37-3)36(28)21-11-6-5-7-12-21/h5-20,31H,1-4H3. The first-order valence-electron chi connectivity index (χ1n) is 12.6. The van der Waals surface area contributed by atoms with Crippen molar-refractivity contribution in [1.82, 2.24) is 0 Å². The van der Waals surface area contributed by atoms with E-state index in [0.717, 1.165) is 56.3 Å². The fourth-order valence-electron chi connectivity index (χ4n) is 5.67. The van der Waals surface area contributed by atoms with E-state index in [0.29, 0.717) is 5.39 Å². The van der Waals surface area contributed by atoms with E-state index in [-0.39, 0.29) is 11.7 Å². The number of rotatable bonds is 5. The van der Waals surface area contributed by atoms with Crippen molar-refractivity contribution in [3.05, 3.63) is 120 Å². The van der Waals surface area contributed by atoms with Gasteiger partial charge in [-0.25, -0.2) is 4.39 Å². The molecule has 0 bridgehead atoms. The molecule has 1 aliphatic rings. The Morgan fingerprint density at radius 2 is 1.37 bits per heavy atom. The number of halogens is 1. The lowest BCUT2D eigenvalue weighted by Gasteiger charge is -2.40. The Bertz CT molecular complexity index is 1650. The Labute approximate surface area is 222 Å². The number of para-hydroxylation sites is 1. The highest BCUT2D eigenvalue weighted by Crippen LogP contribution is 2.58. The molecule has 4 nitrogen and oxygen atoms in total. The molecule has 38 heavy (non-hydrogen) atoms. The maximum atomic E-state index is 15.0. The summed E-state index contributed by atoms with van der Waals surface area (Å²) in [5.41, 5.74) is 7.10. The van der Waals surface area contributed by atoms with Crippen LogP contribution in [0.3, 0.4) is 0 Å². The van der Waals surface area contributed by atoms with Gasteiger partial charge in [-0.3, -0.25) is 0 Å². The topological polar surface area (TPSA) is 24.9 Å². The third-order valence-electron chi connectivity index (χ3n) is 7.39. The Kier molecular flexibility index (Phi) is 5.91. The van der Waals surface area contributed by atoms with Crippen molar-refractivity contribution in [3.63, 3.8) is 0 Å². The highest BCUT2D eigenvalue weighted by atomic mass is 19.1. The fraction of sp³-hybridized carbons (Fsp3) is 0.152. The summed E-state index contributed by atoms with van der Waals surface area (Å²) in [4.78, 5) is 4.35. The number of hydrogen-bond donors (Lipinski definition) is 0. The van der Waals surface area contributed by atoms with Crippen LogP contribution in [-0.2, 0) is 0 Å². The summed E-state index contributed by atoms with van der Waals surface area (Å²) in [6.07, 6.45) is 0. The van der Waals surface area contributed by atoms with Crippen molar-refractivity contribution < 1.29 is 13.9 Å². The molecule has 5 aromatic carbocycles. The molecule has 0 amide bonds. The maximum Gasteiger partial charge on any atom is 0.131 e. The number of nitrogens with zero attached hydrogens (tertiary/aromatic N) is 2. The predicted molar refractivity (Wildman–Crippen MR) is 153 cm³/mol. The molecule has 6 rings (SSSR count). The zero-order chi connectivity index (χ0) is 26.4. The largest absolute Gasteiger partial charge is 0.496 e. The predicted octanol–water partition coefficient (Wildman–Crippen LogP) is 8.03. The molecule has 5 aromatic rings. The van der Waals surface area contributed by atoms with Gasteiger partial charge in [-0.05, 0) is 47.3 Å². The molecule has 1 unspecified atom stereocenters. The first-order valence-corrected chi connectivity index (χ1v) is 12.6. The van der Waals surface area contributed by atoms with E-state index in [4.69, 9.17) is 9.47 Å². The van der Waals surface area contributed by atoms with Crippen LogP contribution in [0.5, 0.6) is 11.5 Å². The van der Waals surface area contributed by atoms with Crippen LogP contribution >= 0.6 is 0 Å². The summed E-state index contributed by atoms with van der Waals surface area (Å²) >= 11 is 0. The van der Waals surface area contributed by atoms with Crippen LogP contribution in [0.15, 0.2) is 97.1 Å². The van der Waals surface area contributed by atoms with Gasteiger partial charge in [-0.1, -0.05) is 54.6 Å². The molecule has 5 heteroatoms. The molecule has 0 aromatic heterocycles. The van der Waals surface area contributed by atoms with Gasteiger partial charge in [-0.15, -0.1) is 0 Å². The van der Waals surface area contributed by atoms with Crippen LogP contribution in [0.2, 0.25) is 0 Å². The molecule has 0 aliphatic carbocycles. The molecule has 1 atom stereocenters. The van der Waals surface area contributed by atoms with Crippen LogP contribution in [0.1, 0.15) is 22.6 Å². The van der Waals surface area contributed by atoms with Gasteiger partial charge in [0.05, 0.1) is 25.6 Å². The van der Waals surface area contributed by atoms with Gasteiger partial charge >= 0.3 is 0 Å². The normalized spacial score (nSPS) is 14.1. The smallest absolute Gasteiger partial charge is 0.131 e. The molecule has 0 saturated heterocycles. The molecular weight excluding hydrogens is 475 g/mol. The van der Waals surface area contributed by atoms with E-state index in [1.165, 1.54) is 0 Å². The second-order valence-electron chi connectivity index (χ2n) is 9.65. The summed E-state index contributed by atoms with van der Waals surface area (Å²) in [6.45, 7) is 0. The van der Waals surface area contributed by atoms with Crippen LogP contribution < -0.4 is 19.3 Å². The van der Waals surface area contributed by atoms with Gasteiger partial charge in [0, 0.05) is 54.0 Å². The molecule has 0 fully saturated rings. The quantitative estimate of drug-likeness (QED) is 0.237. The van der Waals surface area contributed by atoms with Crippen LogP contribution in [0.4, 0.5) is 27.1 Å². The highest BCUT2D eigenvalue weighted by Gasteiger charge is 2.38. The monoisotopic (exact) mass is 504 g/mol. The first-order chi connectivity index (χ1) is 18.5. The Morgan fingerprint density at radius 3 is 2.08 bits per heavy atom. The Hall–Kier alpha value is -4.51. The van der Waals surface area contributed by atoms with Crippen molar-refractivity contribution >= 4 is 33.5 Å². The summed E-state index contributed by atoms with van der Waals surface area (Å²) in [5, 5.41) is 1.46. The van der Waals surface area contributed by atoms with E-state index in [9.17, 15) is 4.39 Å². The van der Waals surface area contributed by atoms with E-state index >= 15 is 0 Å². The third kappa shape index (κ3) is 3.66. The van der Waals surface area contributed by atoms with Crippen LogP contribution in [-0.4, -0.2) is 28.3 Å². The summed E-state index contributed by atoms with van der Waals surface area (Å²) in [6, 6.07) is 31.9. The van der Waals surface area contributed by atoms with Crippen molar-refractivity contribution in [1.29, 1.82) is 0 Å². The third-order valence-corrected chi connectivity index (χ3v) is 7.39. The second kappa shape index (κ2) is 9.42. The van der Waals surface area contributed by atoms with Gasteiger partial charge in [0.15, 0.2) is 0 Å². The zero-order valence-corrected chi connectivity index (χ0v) is 21.9. The zero-order valence-electron chi connectivity index (χ0n) is 21.9. The Balaban J connectivity index is 1.78. The Morgan fingerprint density at radius 1 is 0.684 bits per heavy atom. The number of anilines is 4. The van der Waals surface area contributed by atoms with E-state index < -0.39 is 0 Å². The lowest BCUT2D eigenvalue weighted by Crippen LogP contribution is -2.24. The molecule has 0 radical (unpaired) electrons. The van der Waals surface area contributed by atoms with Gasteiger partial charge in [0.25, 0.3) is 0 Å². The van der Waals surface area contributed by atoms with Crippen LogP contribution in [0, 0.1) is 5.82 Å². The minimum atomic E-state index is -0.257. The molecule has 190 valence electrons. The number of hydrogen-bond acceptors (Lipinski definition) is 4. The van der Waals surface area contributed by atoms with E-state index in [1.54, 1.807) is 20.3 Å². The van der Waals surface area contributed by atoms with Crippen molar-refractivity contribution in [2.24, 2.45) is 0 Å². The minimum absolute atomic E-state index is 0.235. The average molecular weight is 505 g/mol. The SMILES string of the molecule is COc1cccc2c1C(c1ccc(F)c3ccccc13)c1c(OC)cc(N(C)C)cc1N2c1ccccc1. The number of benzene rings is 5. The van der Waals surface area contributed by atoms with Crippen molar-refractivity contribution in [3.8, 4) is 11.5 Å². The molecule has 1 heterocycles.